The van der Waals surface area contributed by atoms with Crippen LogP contribution in [0, 0.1) is 0 Å². The fraction of sp³-hybridized carbons (Fsp3) is 0.286. The summed E-state index contributed by atoms with van der Waals surface area (Å²) < 4.78 is 4.47. The standard InChI is InChI=1S/C7H6Cl2N2O2S/c1-13-5(12)3-14-4-2-10-7(9)11-6(4)8/h2H,3H2,1H3. The molecule has 0 amide bonds. The molecule has 0 radical (unpaired) electrons. The van der Waals surface area contributed by atoms with Crippen LogP contribution < -0.4 is 0 Å². The van der Waals surface area contributed by atoms with Gasteiger partial charge in [-0.2, -0.15) is 0 Å². The summed E-state index contributed by atoms with van der Waals surface area (Å²) in [5, 5.41) is 0.316. The van der Waals surface area contributed by atoms with Crippen molar-refractivity contribution >= 4 is 40.9 Å². The highest BCUT2D eigenvalue weighted by molar-refractivity contribution is 8.00. The molecular weight excluding hydrogens is 247 g/mol. The molecular formula is C7H6Cl2N2O2S. The van der Waals surface area contributed by atoms with Crippen LogP contribution in [0.25, 0.3) is 0 Å². The van der Waals surface area contributed by atoms with Gasteiger partial charge in [-0.05, 0) is 11.6 Å². The molecule has 4 nitrogen and oxygen atoms in total. The second kappa shape index (κ2) is 5.38. The zero-order chi connectivity index (χ0) is 10.6. The van der Waals surface area contributed by atoms with Gasteiger partial charge in [0.1, 0.15) is 5.15 Å². The minimum absolute atomic E-state index is 0.0809. The predicted octanol–water partition coefficient (Wildman–Crippen LogP) is 2.05. The molecule has 0 aliphatic carbocycles. The van der Waals surface area contributed by atoms with Crippen LogP contribution in [-0.2, 0) is 9.53 Å². The Morgan fingerprint density at radius 1 is 1.64 bits per heavy atom. The predicted molar refractivity (Wildman–Crippen MR) is 54.8 cm³/mol. The van der Waals surface area contributed by atoms with Gasteiger partial charge in [0.2, 0.25) is 5.28 Å². The molecule has 0 aromatic carbocycles. The van der Waals surface area contributed by atoms with Crippen LogP contribution in [0.3, 0.4) is 0 Å². The van der Waals surface area contributed by atoms with Crippen LogP contribution in [0.2, 0.25) is 10.4 Å². The number of methoxy groups -OCH3 is 1. The summed E-state index contributed by atoms with van der Waals surface area (Å²) in [6.45, 7) is 0. The lowest BCUT2D eigenvalue weighted by Gasteiger charge is -2.01. The van der Waals surface area contributed by atoms with E-state index < -0.39 is 0 Å². The number of hydrogen-bond acceptors (Lipinski definition) is 5. The molecule has 0 aliphatic heterocycles. The molecule has 0 spiro atoms. The van der Waals surface area contributed by atoms with Crippen LogP contribution in [0.15, 0.2) is 11.1 Å². The van der Waals surface area contributed by atoms with Crippen molar-refractivity contribution in [2.45, 2.75) is 4.90 Å². The molecule has 1 aromatic rings. The van der Waals surface area contributed by atoms with E-state index in [0.29, 0.717) is 4.90 Å². The Balaban J connectivity index is 2.63. The maximum atomic E-state index is 10.8. The average molecular weight is 253 g/mol. The second-order valence-corrected chi connectivity index (χ2v) is 3.87. The molecule has 0 atom stereocenters. The molecule has 14 heavy (non-hydrogen) atoms. The minimum atomic E-state index is -0.332. The van der Waals surface area contributed by atoms with Crippen molar-refractivity contribution in [3.05, 3.63) is 16.6 Å². The van der Waals surface area contributed by atoms with E-state index in [0.717, 1.165) is 0 Å². The van der Waals surface area contributed by atoms with Crippen molar-refractivity contribution in [2.75, 3.05) is 12.9 Å². The first-order valence-corrected chi connectivity index (χ1v) is 5.25. The van der Waals surface area contributed by atoms with Crippen molar-refractivity contribution in [1.82, 2.24) is 9.97 Å². The quantitative estimate of drug-likeness (QED) is 0.357. The third-order valence-electron chi connectivity index (χ3n) is 1.26. The first-order chi connectivity index (χ1) is 6.63. The fourth-order valence-corrected chi connectivity index (χ4v) is 1.77. The monoisotopic (exact) mass is 252 g/mol. The van der Waals surface area contributed by atoms with Gasteiger partial charge in [-0.1, -0.05) is 11.6 Å². The largest absolute Gasteiger partial charge is 0.468 e. The topological polar surface area (TPSA) is 52.1 Å². The average Bonchev–Trinajstić information content (AvgIpc) is 2.16. The molecule has 76 valence electrons. The SMILES string of the molecule is COC(=O)CSc1cnc(Cl)nc1Cl. The smallest absolute Gasteiger partial charge is 0.315 e. The van der Waals surface area contributed by atoms with Crippen molar-refractivity contribution < 1.29 is 9.53 Å². The number of esters is 1. The van der Waals surface area contributed by atoms with Crippen LogP contribution in [-0.4, -0.2) is 28.8 Å². The van der Waals surface area contributed by atoms with Crippen LogP contribution in [0.5, 0.6) is 0 Å². The highest BCUT2D eigenvalue weighted by Crippen LogP contribution is 2.25. The third kappa shape index (κ3) is 3.32. The van der Waals surface area contributed by atoms with Gasteiger partial charge in [-0.25, -0.2) is 9.97 Å². The van der Waals surface area contributed by atoms with E-state index >= 15 is 0 Å². The fourth-order valence-electron chi connectivity index (χ4n) is 0.623. The van der Waals surface area contributed by atoms with E-state index in [2.05, 4.69) is 14.7 Å². The molecule has 0 unspecified atom stereocenters. The zero-order valence-corrected chi connectivity index (χ0v) is 9.49. The highest BCUT2D eigenvalue weighted by Gasteiger charge is 2.07. The second-order valence-electron chi connectivity index (χ2n) is 2.16. The molecule has 0 bridgehead atoms. The number of aromatic nitrogens is 2. The molecule has 0 N–H and O–H groups in total. The van der Waals surface area contributed by atoms with Gasteiger partial charge >= 0.3 is 5.97 Å². The lowest BCUT2D eigenvalue weighted by Crippen LogP contribution is -2.03. The van der Waals surface area contributed by atoms with E-state index in [1.807, 2.05) is 0 Å². The molecule has 0 aliphatic rings. The van der Waals surface area contributed by atoms with Crippen molar-refractivity contribution in [2.24, 2.45) is 0 Å². The molecule has 1 heterocycles. The van der Waals surface area contributed by atoms with Gasteiger partial charge in [0.05, 0.1) is 17.8 Å². The Morgan fingerprint density at radius 2 is 2.36 bits per heavy atom. The molecule has 7 heteroatoms. The third-order valence-corrected chi connectivity index (χ3v) is 2.83. The van der Waals surface area contributed by atoms with Crippen LogP contribution >= 0.6 is 35.0 Å². The van der Waals surface area contributed by atoms with Gasteiger partial charge in [0.25, 0.3) is 0 Å². The van der Waals surface area contributed by atoms with Gasteiger partial charge in [0, 0.05) is 6.20 Å². The van der Waals surface area contributed by atoms with Gasteiger partial charge in [0.15, 0.2) is 0 Å². The van der Waals surface area contributed by atoms with Gasteiger partial charge in [-0.15, -0.1) is 11.8 Å². The lowest BCUT2D eigenvalue weighted by atomic mass is 10.7. The number of rotatable bonds is 3. The molecule has 1 rings (SSSR count). The first kappa shape index (κ1) is 11.6. The molecule has 0 saturated heterocycles. The zero-order valence-electron chi connectivity index (χ0n) is 7.16. The minimum Gasteiger partial charge on any atom is -0.468 e. The molecule has 1 aromatic heterocycles. The molecule has 0 fully saturated rings. The summed E-state index contributed by atoms with van der Waals surface area (Å²) in [6, 6.07) is 0. The van der Waals surface area contributed by atoms with Gasteiger partial charge < -0.3 is 4.74 Å². The van der Waals surface area contributed by atoms with E-state index in [9.17, 15) is 4.79 Å². The summed E-state index contributed by atoms with van der Waals surface area (Å²) >= 11 is 12.4. The summed E-state index contributed by atoms with van der Waals surface area (Å²) in [4.78, 5) is 18.9. The number of hydrogen-bond donors (Lipinski definition) is 0. The van der Waals surface area contributed by atoms with E-state index in [1.165, 1.54) is 25.1 Å². The normalized spacial score (nSPS) is 9.93. The van der Waals surface area contributed by atoms with Crippen molar-refractivity contribution in [1.29, 1.82) is 0 Å². The van der Waals surface area contributed by atoms with E-state index in [4.69, 9.17) is 23.2 Å². The number of nitrogens with zero attached hydrogens (tertiary/aromatic N) is 2. The summed E-state index contributed by atoms with van der Waals surface area (Å²) in [5.41, 5.74) is 0. The maximum absolute atomic E-state index is 10.8. The van der Waals surface area contributed by atoms with Gasteiger partial charge in [-0.3, -0.25) is 4.79 Å². The number of thioether (sulfide) groups is 1. The van der Waals surface area contributed by atoms with Crippen molar-refractivity contribution in [3.8, 4) is 0 Å². The summed E-state index contributed by atoms with van der Waals surface area (Å²) in [6.07, 6.45) is 1.46. The Morgan fingerprint density at radius 3 is 2.93 bits per heavy atom. The Hall–Kier alpha value is -0.520. The number of carbonyl (C=O) groups is 1. The Labute approximate surface area is 95.0 Å². The number of halogens is 2. The number of ether oxygens (including phenoxy) is 1. The van der Waals surface area contributed by atoms with Crippen molar-refractivity contribution in [3.63, 3.8) is 0 Å². The molecule has 0 saturated carbocycles. The first-order valence-electron chi connectivity index (χ1n) is 3.51. The van der Waals surface area contributed by atoms with E-state index in [-0.39, 0.29) is 22.2 Å². The maximum Gasteiger partial charge on any atom is 0.315 e. The Bertz CT molecular complexity index is 348. The highest BCUT2D eigenvalue weighted by atomic mass is 35.5. The lowest BCUT2D eigenvalue weighted by molar-refractivity contribution is -0.137. The van der Waals surface area contributed by atoms with E-state index in [1.54, 1.807) is 0 Å². The number of carbonyl (C=O) groups excluding carboxylic acids is 1. The van der Waals surface area contributed by atoms with Crippen LogP contribution in [0.4, 0.5) is 0 Å². The Kier molecular flexibility index (Phi) is 4.44. The van der Waals surface area contributed by atoms with Crippen LogP contribution in [0.1, 0.15) is 0 Å². The summed E-state index contributed by atoms with van der Waals surface area (Å²) in [7, 11) is 1.32. The summed E-state index contributed by atoms with van der Waals surface area (Å²) in [5.74, 6) is -0.165.